The lowest BCUT2D eigenvalue weighted by molar-refractivity contribution is -0.122. The minimum Gasteiger partial charge on any atom is -0.312 e. The van der Waals surface area contributed by atoms with Crippen molar-refractivity contribution in [1.29, 1.82) is 0 Å². The smallest absolute Gasteiger partial charge is 0.137 e. The summed E-state index contributed by atoms with van der Waals surface area (Å²) in [6.07, 6.45) is 0.713. The number of carbonyl (C=O) groups excluding carboxylic acids is 1. The van der Waals surface area contributed by atoms with Gasteiger partial charge in [-0.25, -0.2) is 0 Å². The van der Waals surface area contributed by atoms with Crippen LogP contribution in [0.5, 0.6) is 0 Å². The monoisotopic (exact) mass is 187 g/mol. The molecule has 1 N–H and O–H groups in total. The van der Waals surface area contributed by atoms with Crippen molar-refractivity contribution in [2.75, 3.05) is 18.1 Å². The van der Waals surface area contributed by atoms with Crippen LogP contribution in [-0.2, 0) is 4.79 Å². The van der Waals surface area contributed by atoms with Gasteiger partial charge in [0.1, 0.15) is 5.78 Å². The number of ketones is 1. The van der Waals surface area contributed by atoms with Crippen LogP contribution in [0.2, 0.25) is 0 Å². The summed E-state index contributed by atoms with van der Waals surface area (Å²) in [6, 6.07) is 0.429. The van der Waals surface area contributed by atoms with E-state index < -0.39 is 0 Å². The quantitative estimate of drug-likeness (QED) is 0.722. The Kier molecular flexibility index (Phi) is 4.09. The lowest BCUT2D eigenvalue weighted by Gasteiger charge is -2.22. The van der Waals surface area contributed by atoms with Crippen LogP contribution in [0.4, 0.5) is 0 Å². The summed E-state index contributed by atoms with van der Waals surface area (Å²) in [4.78, 5) is 11.4. The van der Waals surface area contributed by atoms with Crippen LogP contribution in [0.15, 0.2) is 0 Å². The Morgan fingerprint density at radius 1 is 1.67 bits per heavy atom. The number of nitrogens with one attached hydrogen (secondary N) is 1. The third-order valence-corrected chi connectivity index (χ3v) is 3.22. The van der Waals surface area contributed by atoms with Crippen molar-refractivity contribution < 1.29 is 4.79 Å². The number of hydrogen-bond acceptors (Lipinski definition) is 3. The van der Waals surface area contributed by atoms with E-state index in [1.165, 1.54) is 5.75 Å². The van der Waals surface area contributed by atoms with E-state index in [1.54, 1.807) is 0 Å². The van der Waals surface area contributed by atoms with E-state index in [0.717, 1.165) is 12.3 Å². The predicted octanol–water partition coefficient (Wildman–Crippen LogP) is 1.31. The molecule has 1 aliphatic rings. The number of rotatable bonds is 3. The number of hydrogen-bond donors (Lipinski definition) is 1. The Balaban J connectivity index is 2.24. The lowest BCUT2D eigenvalue weighted by Crippen LogP contribution is -2.39. The van der Waals surface area contributed by atoms with E-state index in [2.05, 4.69) is 5.32 Å². The average Bonchev–Trinajstić information content (AvgIpc) is 2.06. The molecule has 1 rings (SSSR count). The first-order chi connectivity index (χ1) is 5.70. The van der Waals surface area contributed by atoms with Gasteiger partial charge in [0.2, 0.25) is 0 Å². The summed E-state index contributed by atoms with van der Waals surface area (Å²) >= 11 is 1.94. The van der Waals surface area contributed by atoms with Gasteiger partial charge in [-0.15, -0.1) is 0 Å². The number of carbonyl (C=O) groups is 1. The van der Waals surface area contributed by atoms with E-state index in [4.69, 9.17) is 0 Å². The van der Waals surface area contributed by atoms with Gasteiger partial charge < -0.3 is 5.32 Å². The van der Waals surface area contributed by atoms with Crippen molar-refractivity contribution in [2.24, 2.45) is 5.92 Å². The van der Waals surface area contributed by atoms with Gasteiger partial charge in [-0.2, -0.15) is 11.8 Å². The van der Waals surface area contributed by atoms with Gasteiger partial charge in [0.15, 0.2) is 0 Å². The van der Waals surface area contributed by atoms with Crippen molar-refractivity contribution in [2.45, 2.75) is 26.3 Å². The maximum atomic E-state index is 11.4. The van der Waals surface area contributed by atoms with Crippen LogP contribution in [0.25, 0.3) is 0 Å². The third-order valence-electron chi connectivity index (χ3n) is 2.09. The lowest BCUT2D eigenvalue weighted by atomic mass is 10.0. The Bertz CT molecular complexity index is 153. The molecule has 0 aromatic rings. The van der Waals surface area contributed by atoms with E-state index in [9.17, 15) is 4.79 Å². The van der Waals surface area contributed by atoms with Crippen molar-refractivity contribution in [3.63, 3.8) is 0 Å². The van der Waals surface area contributed by atoms with Crippen LogP contribution >= 0.6 is 11.8 Å². The molecule has 0 aromatic carbocycles. The molecule has 2 nitrogen and oxygen atoms in total. The van der Waals surface area contributed by atoms with Crippen LogP contribution in [0, 0.1) is 5.92 Å². The Morgan fingerprint density at radius 2 is 2.42 bits per heavy atom. The summed E-state index contributed by atoms with van der Waals surface area (Å²) in [7, 11) is 0. The average molecular weight is 187 g/mol. The van der Waals surface area contributed by atoms with Crippen molar-refractivity contribution in [1.82, 2.24) is 5.32 Å². The molecule has 1 heterocycles. The minimum absolute atomic E-state index is 0.193. The van der Waals surface area contributed by atoms with E-state index in [0.29, 0.717) is 18.2 Å². The summed E-state index contributed by atoms with van der Waals surface area (Å²) < 4.78 is 0. The highest BCUT2D eigenvalue weighted by molar-refractivity contribution is 7.99. The maximum Gasteiger partial charge on any atom is 0.137 e. The first-order valence-electron chi connectivity index (χ1n) is 4.54. The van der Waals surface area contributed by atoms with Crippen molar-refractivity contribution in [3.8, 4) is 0 Å². The van der Waals surface area contributed by atoms with Crippen LogP contribution in [0.3, 0.4) is 0 Å². The summed E-state index contributed by atoms with van der Waals surface area (Å²) in [6.45, 7) is 5.00. The Hall–Kier alpha value is -0.0200. The Labute approximate surface area is 78.5 Å². The molecular formula is C9H17NOS. The van der Waals surface area contributed by atoms with Gasteiger partial charge in [0.25, 0.3) is 0 Å². The summed E-state index contributed by atoms with van der Waals surface area (Å²) in [5.74, 6) is 2.86. The van der Waals surface area contributed by atoms with Gasteiger partial charge >= 0.3 is 0 Å². The predicted molar refractivity (Wildman–Crippen MR) is 53.6 cm³/mol. The highest BCUT2D eigenvalue weighted by Crippen LogP contribution is 2.12. The fourth-order valence-corrected chi connectivity index (χ4v) is 2.18. The van der Waals surface area contributed by atoms with Crippen LogP contribution in [0.1, 0.15) is 20.3 Å². The first-order valence-corrected chi connectivity index (χ1v) is 5.69. The van der Waals surface area contributed by atoms with Gasteiger partial charge in [0, 0.05) is 36.4 Å². The largest absolute Gasteiger partial charge is 0.312 e. The normalized spacial score (nSPS) is 24.4. The molecular weight excluding hydrogens is 170 g/mol. The second kappa shape index (κ2) is 4.87. The van der Waals surface area contributed by atoms with Crippen molar-refractivity contribution >= 4 is 17.5 Å². The minimum atomic E-state index is 0.193. The van der Waals surface area contributed by atoms with Crippen LogP contribution < -0.4 is 5.32 Å². The molecule has 1 saturated heterocycles. The number of thioether (sulfide) groups is 1. The standard InChI is InChI=1S/C9H17NOS/c1-7(2)9(11)5-8-6-12-4-3-10-8/h7-8,10H,3-6H2,1-2H3. The summed E-state index contributed by atoms with van der Waals surface area (Å²) in [5.41, 5.74) is 0. The highest BCUT2D eigenvalue weighted by atomic mass is 32.2. The third kappa shape index (κ3) is 3.15. The molecule has 0 aliphatic carbocycles. The molecule has 0 spiro atoms. The van der Waals surface area contributed by atoms with Gasteiger partial charge in [0.05, 0.1) is 0 Å². The maximum absolute atomic E-state index is 11.4. The fraction of sp³-hybridized carbons (Fsp3) is 0.889. The molecule has 1 atom stereocenters. The van der Waals surface area contributed by atoms with Crippen LogP contribution in [-0.4, -0.2) is 29.9 Å². The molecule has 0 radical (unpaired) electrons. The topological polar surface area (TPSA) is 29.1 Å². The molecule has 1 aliphatic heterocycles. The highest BCUT2D eigenvalue weighted by Gasteiger charge is 2.17. The van der Waals surface area contributed by atoms with Crippen molar-refractivity contribution in [3.05, 3.63) is 0 Å². The Morgan fingerprint density at radius 3 is 2.92 bits per heavy atom. The zero-order valence-corrected chi connectivity index (χ0v) is 8.62. The molecule has 12 heavy (non-hydrogen) atoms. The zero-order valence-electron chi connectivity index (χ0n) is 7.80. The van der Waals surface area contributed by atoms with Gasteiger partial charge in [-0.05, 0) is 0 Å². The second-order valence-electron chi connectivity index (χ2n) is 3.55. The molecule has 0 aromatic heterocycles. The van der Waals surface area contributed by atoms with E-state index >= 15 is 0 Å². The van der Waals surface area contributed by atoms with E-state index in [-0.39, 0.29) is 5.92 Å². The first kappa shape index (κ1) is 10.1. The molecule has 0 amide bonds. The second-order valence-corrected chi connectivity index (χ2v) is 4.70. The molecule has 70 valence electrons. The molecule has 3 heteroatoms. The fourth-order valence-electron chi connectivity index (χ4n) is 1.23. The molecule has 1 fully saturated rings. The molecule has 0 bridgehead atoms. The van der Waals surface area contributed by atoms with Gasteiger partial charge in [-0.1, -0.05) is 13.8 Å². The summed E-state index contributed by atoms with van der Waals surface area (Å²) in [5, 5.41) is 3.36. The van der Waals surface area contributed by atoms with Gasteiger partial charge in [-0.3, -0.25) is 4.79 Å². The zero-order chi connectivity index (χ0) is 8.97. The van der Waals surface area contributed by atoms with E-state index in [1.807, 2.05) is 25.6 Å². The molecule has 0 saturated carbocycles. The SMILES string of the molecule is CC(C)C(=O)CC1CSCCN1. The molecule has 1 unspecified atom stereocenters. The number of Topliss-reactive ketones (excluding diaryl/α,β-unsaturated/α-hetero) is 1.